The molecule has 1 aromatic heterocycles. The highest BCUT2D eigenvalue weighted by molar-refractivity contribution is 5.73. The number of hydrogen-bond acceptors (Lipinski definition) is 5. The molecule has 0 saturated carbocycles. The first-order chi connectivity index (χ1) is 8.17. The van der Waals surface area contributed by atoms with Crippen LogP contribution in [0.25, 0.3) is 0 Å². The third-order valence-electron chi connectivity index (χ3n) is 2.29. The van der Waals surface area contributed by atoms with E-state index in [0.29, 0.717) is 19.0 Å². The molecular formula is C11H17N3O3. The molecule has 6 heteroatoms. The molecule has 0 aliphatic heterocycles. The van der Waals surface area contributed by atoms with Crippen LogP contribution in [0, 0.1) is 0 Å². The van der Waals surface area contributed by atoms with E-state index < -0.39 is 12.0 Å². The first kappa shape index (κ1) is 13.4. The molecule has 0 amide bonds. The van der Waals surface area contributed by atoms with E-state index in [4.69, 9.17) is 9.84 Å². The molecule has 0 fully saturated rings. The van der Waals surface area contributed by atoms with Crippen LogP contribution in [0.15, 0.2) is 12.4 Å². The minimum absolute atomic E-state index is 0.303. The number of ether oxygens (including phenoxy) is 1. The minimum Gasteiger partial charge on any atom is -0.480 e. The molecule has 1 aromatic rings. The van der Waals surface area contributed by atoms with Crippen molar-refractivity contribution in [2.75, 3.05) is 7.11 Å². The molecule has 17 heavy (non-hydrogen) atoms. The van der Waals surface area contributed by atoms with Crippen LogP contribution in [0.4, 0.5) is 0 Å². The molecule has 6 nitrogen and oxygen atoms in total. The van der Waals surface area contributed by atoms with E-state index in [2.05, 4.69) is 15.3 Å². The maximum absolute atomic E-state index is 10.9. The lowest BCUT2D eigenvalue weighted by molar-refractivity contribution is -0.139. The van der Waals surface area contributed by atoms with Crippen molar-refractivity contribution < 1.29 is 14.6 Å². The highest BCUT2D eigenvalue weighted by atomic mass is 16.5. The van der Waals surface area contributed by atoms with Gasteiger partial charge in [-0.2, -0.15) is 0 Å². The molecule has 0 bridgehead atoms. The smallest absolute Gasteiger partial charge is 0.320 e. The Balaban J connectivity index is 2.50. The second-order valence-corrected chi connectivity index (χ2v) is 3.64. The third-order valence-corrected chi connectivity index (χ3v) is 2.29. The number of hydrogen-bond donors (Lipinski definition) is 2. The van der Waals surface area contributed by atoms with Gasteiger partial charge in [-0.15, -0.1) is 0 Å². The fraction of sp³-hybridized carbons (Fsp3) is 0.545. The number of carboxylic acid groups (broad SMARTS) is 1. The van der Waals surface area contributed by atoms with Gasteiger partial charge in [-0.3, -0.25) is 4.79 Å². The number of nitrogens with one attached hydrogen (secondary N) is 1. The van der Waals surface area contributed by atoms with Crippen LogP contribution < -0.4 is 10.1 Å². The van der Waals surface area contributed by atoms with Crippen molar-refractivity contribution in [2.24, 2.45) is 0 Å². The van der Waals surface area contributed by atoms with Gasteiger partial charge in [-0.1, -0.05) is 13.3 Å². The van der Waals surface area contributed by atoms with Crippen LogP contribution in [0.1, 0.15) is 25.3 Å². The Hall–Kier alpha value is -1.69. The number of methoxy groups -OCH3 is 1. The molecule has 1 rings (SSSR count). The number of aromatic nitrogens is 2. The summed E-state index contributed by atoms with van der Waals surface area (Å²) >= 11 is 0. The van der Waals surface area contributed by atoms with Gasteiger partial charge in [0.25, 0.3) is 0 Å². The van der Waals surface area contributed by atoms with Crippen molar-refractivity contribution in [3.05, 3.63) is 18.0 Å². The summed E-state index contributed by atoms with van der Waals surface area (Å²) in [5.74, 6) is -0.832. The summed E-state index contributed by atoms with van der Waals surface area (Å²) in [4.78, 5) is 18.8. The molecule has 0 aliphatic carbocycles. The van der Waals surface area contributed by atoms with Crippen molar-refractivity contribution in [3.8, 4) is 6.01 Å². The highest BCUT2D eigenvalue weighted by Gasteiger charge is 2.15. The van der Waals surface area contributed by atoms with Gasteiger partial charge in [-0.25, -0.2) is 9.97 Å². The molecule has 0 unspecified atom stereocenters. The van der Waals surface area contributed by atoms with Crippen LogP contribution in [-0.2, 0) is 11.3 Å². The molecule has 94 valence electrons. The zero-order valence-corrected chi connectivity index (χ0v) is 10.0. The Labute approximate surface area is 100 Å². The van der Waals surface area contributed by atoms with Crippen LogP contribution in [0.3, 0.4) is 0 Å². The summed E-state index contributed by atoms with van der Waals surface area (Å²) < 4.78 is 4.83. The zero-order valence-electron chi connectivity index (χ0n) is 10.0. The topological polar surface area (TPSA) is 84.3 Å². The SMILES string of the molecule is CCC[C@H](NCc1cnc(OC)nc1)C(=O)O. The van der Waals surface area contributed by atoms with Crippen molar-refractivity contribution in [3.63, 3.8) is 0 Å². The summed E-state index contributed by atoms with van der Waals surface area (Å²) in [5, 5.41) is 11.9. The van der Waals surface area contributed by atoms with Crippen LogP contribution >= 0.6 is 0 Å². The van der Waals surface area contributed by atoms with Gasteiger partial charge in [0.05, 0.1) is 7.11 Å². The van der Waals surface area contributed by atoms with Gasteiger partial charge >= 0.3 is 12.0 Å². The van der Waals surface area contributed by atoms with Gasteiger partial charge in [0, 0.05) is 24.5 Å². The number of rotatable bonds is 7. The average molecular weight is 239 g/mol. The summed E-state index contributed by atoms with van der Waals surface area (Å²) in [6, 6.07) is -0.223. The Bertz CT molecular complexity index is 353. The molecule has 0 aliphatic rings. The Kier molecular flexibility index (Phi) is 5.35. The highest BCUT2D eigenvalue weighted by Crippen LogP contribution is 2.03. The molecule has 0 spiro atoms. The Morgan fingerprint density at radius 1 is 1.53 bits per heavy atom. The summed E-state index contributed by atoms with van der Waals surface area (Å²) in [6.07, 6.45) is 4.66. The molecule has 0 saturated heterocycles. The van der Waals surface area contributed by atoms with E-state index in [1.807, 2.05) is 6.92 Å². The second-order valence-electron chi connectivity index (χ2n) is 3.64. The second kappa shape index (κ2) is 6.80. The van der Waals surface area contributed by atoms with Crippen LogP contribution in [0.2, 0.25) is 0 Å². The van der Waals surface area contributed by atoms with Crippen molar-refractivity contribution in [1.29, 1.82) is 0 Å². The number of carboxylic acids is 1. The van der Waals surface area contributed by atoms with Crippen LogP contribution in [-0.4, -0.2) is 34.2 Å². The normalized spacial score (nSPS) is 12.1. The van der Waals surface area contributed by atoms with Crippen LogP contribution in [0.5, 0.6) is 6.01 Å². The maximum Gasteiger partial charge on any atom is 0.320 e. The van der Waals surface area contributed by atoms with E-state index in [9.17, 15) is 4.79 Å². The predicted octanol–water partition coefficient (Wildman–Crippen LogP) is 0.828. The largest absolute Gasteiger partial charge is 0.480 e. The van der Waals surface area contributed by atoms with E-state index in [1.165, 1.54) is 7.11 Å². The number of nitrogens with zero attached hydrogens (tertiary/aromatic N) is 2. The van der Waals surface area contributed by atoms with Crippen molar-refractivity contribution in [2.45, 2.75) is 32.4 Å². The lowest BCUT2D eigenvalue weighted by Crippen LogP contribution is -2.36. The van der Waals surface area contributed by atoms with Crippen molar-refractivity contribution in [1.82, 2.24) is 15.3 Å². The molecule has 1 heterocycles. The summed E-state index contributed by atoms with van der Waals surface area (Å²) in [6.45, 7) is 2.38. The van der Waals surface area contributed by atoms with E-state index in [0.717, 1.165) is 12.0 Å². The van der Waals surface area contributed by atoms with E-state index in [1.54, 1.807) is 12.4 Å². The minimum atomic E-state index is -0.832. The fourth-order valence-electron chi connectivity index (χ4n) is 1.38. The quantitative estimate of drug-likeness (QED) is 0.733. The monoisotopic (exact) mass is 239 g/mol. The molecule has 0 radical (unpaired) electrons. The third kappa shape index (κ3) is 4.36. The van der Waals surface area contributed by atoms with Gasteiger partial charge in [0.15, 0.2) is 0 Å². The first-order valence-corrected chi connectivity index (χ1v) is 5.48. The predicted molar refractivity (Wildman–Crippen MR) is 61.8 cm³/mol. The molecular weight excluding hydrogens is 222 g/mol. The van der Waals surface area contributed by atoms with Gasteiger partial charge in [0.2, 0.25) is 0 Å². The van der Waals surface area contributed by atoms with E-state index >= 15 is 0 Å². The maximum atomic E-state index is 10.9. The average Bonchev–Trinajstić information content (AvgIpc) is 2.34. The van der Waals surface area contributed by atoms with Gasteiger partial charge in [-0.05, 0) is 6.42 Å². The zero-order chi connectivity index (χ0) is 12.7. The lowest BCUT2D eigenvalue weighted by atomic mass is 10.1. The number of aliphatic carboxylic acids is 1. The van der Waals surface area contributed by atoms with Crippen molar-refractivity contribution >= 4 is 5.97 Å². The Morgan fingerprint density at radius 2 is 2.18 bits per heavy atom. The van der Waals surface area contributed by atoms with E-state index in [-0.39, 0.29) is 0 Å². The fourth-order valence-corrected chi connectivity index (χ4v) is 1.38. The first-order valence-electron chi connectivity index (χ1n) is 5.48. The standard InChI is InChI=1S/C11H17N3O3/c1-3-4-9(10(15)16)12-5-8-6-13-11(17-2)14-7-8/h6-7,9,12H,3-5H2,1-2H3,(H,15,16)/t9-/m0/s1. The molecule has 2 N–H and O–H groups in total. The Morgan fingerprint density at radius 3 is 2.65 bits per heavy atom. The molecule has 1 atom stereocenters. The lowest BCUT2D eigenvalue weighted by Gasteiger charge is -2.12. The number of carbonyl (C=O) groups is 1. The van der Waals surface area contributed by atoms with Gasteiger partial charge < -0.3 is 15.2 Å². The van der Waals surface area contributed by atoms with Gasteiger partial charge in [0.1, 0.15) is 6.04 Å². The molecule has 0 aromatic carbocycles. The summed E-state index contributed by atoms with van der Waals surface area (Å²) in [7, 11) is 1.50. The summed E-state index contributed by atoms with van der Waals surface area (Å²) in [5.41, 5.74) is 0.827.